The molecule has 0 bridgehead atoms. The summed E-state index contributed by atoms with van der Waals surface area (Å²) in [5, 5.41) is 0. The molecule has 0 aromatic heterocycles. The summed E-state index contributed by atoms with van der Waals surface area (Å²) in [6.07, 6.45) is 2.19. The Bertz CT molecular complexity index is 444. The van der Waals surface area contributed by atoms with E-state index in [9.17, 15) is 4.79 Å². The Morgan fingerprint density at radius 1 is 1.17 bits per heavy atom. The van der Waals surface area contributed by atoms with E-state index in [2.05, 4.69) is 21.8 Å². The maximum absolute atomic E-state index is 12.0. The molecule has 2 N–H and O–H groups in total. The summed E-state index contributed by atoms with van der Waals surface area (Å²) < 4.78 is 5.40. The highest BCUT2D eigenvalue weighted by Gasteiger charge is 2.27. The van der Waals surface area contributed by atoms with Gasteiger partial charge in [-0.05, 0) is 47.2 Å². The van der Waals surface area contributed by atoms with Crippen LogP contribution in [-0.2, 0) is 4.74 Å². The normalized spacial score (nSPS) is 23.2. The fourth-order valence-corrected chi connectivity index (χ4v) is 2.95. The van der Waals surface area contributed by atoms with Crippen molar-refractivity contribution in [3.63, 3.8) is 0 Å². The second-order valence-corrected chi connectivity index (χ2v) is 7.43. The molecule has 1 atom stereocenters. The molecule has 2 aliphatic heterocycles. The summed E-state index contributed by atoms with van der Waals surface area (Å²) in [4.78, 5) is 22.7. The van der Waals surface area contributed by atoms with Gasteiger partial charge in [-0.3, -0.25) is 4.99 Å². The molecule has 7 nitrogen and oxygen atoms in total. The van der Waals surface area contributed by atoms with Crippen LogP contribution in [0.2, 0.25) is 0 Å². The first-order chi connectivity index (χ1) is 10.8. The van der Waals surface area contributed by atoms with Gasteiger partial charge < -0.3 is 25.2 Å². The minimum absolute atomic E-state index is 0. The lowest BCUT2D eigenvalue weighted by atomic mass is 10.2. The zero-order valence-corrected chi connectivity index (χ0v) is 17.7. The van der Waals surface area contributed by atoms with Crippen molar-refractivity contribution < 1.29 is 9.53 Å². The van der Waals surface area contributed by atoms with Gasteiger partial charge in [-0.25, -0.2) is 4.79 Å². The van der Waals surface area contributed by atoms with Crippen molar-refractivity contribution in [1.29, 1.82) is 0 Å². The molecule has 0 aromatic carbocycles. The average molecular weight is 453 g/mol. The van der Waals surface area contributed by atoms with Crippen molar-refractivity contribution in [3.8, 4) is 0 Å². The summed E-state index contributed by atoms with van der Waals surface area (Å²) in [5.41, 5.74) is 5.66. The number of guanidine groups is 1. The molecule has 2 heterocycles. The number of amides is 1. The molecule has 2 rings (SSSR count). The van der Waals surface area contributed by atoms with Gasteiger partial charge in [0.15, 0.2) is 5.96 Å². The molecule has 0 spiro atoms. The number of likely N-dealkylation sites (tertiary alicyclic amines) is 1. The van der Waals surface area contributed by atoms with Crippen molar-refractivity contribution >= 4 is 36.0 Å². The lowest BCUT2D eigenvalue weighted by Gasteiger charge is -2.36. The van der Waals surface area contributed by atoms with E-state index in [-0.39, 0.29) is 30.1 Å². The summed E-state index contributed by atoms with van der Waals surface area (Å²) in [6.45, 7) is 10.2. The van der Waals surface area contributed by atoms with Crippen LogP contribution < -0.4 is 5.73 Å². The monoisotopic (exact) mass is 453 g/mol. The number of halogens is 1. The standard InChI is InChI=1S/C16H31N5O2.HI/c1-16(2,3)23-15(22)21-10-8-20(9-11-21)14(17)18-12-13-6-5-7-19(13)4;/h13H,5-12H2,1-4H3,(H2,17,18);1H. The number of hydrogen-bond acceptors (Lipinski definition) is 4. The minimum atomic E-state index is -0.456. The number of rotatable bonds is 2. The van der Waals surface area contributed by atoms with Gasteiger partial charge in [0, 0.05) is 32.2 Å². The fraction of sp³-hybridized carbons (Fsp3) is 0.875. The highest BCUT2D eigenvalue weighted by atomic mass is 127. The smallest absolute Gasteiger partial charge is 0.410 e. The van der Waals surface area contributed by atoms with Crippen LogP contribution in [0.1, 0.15) is 33.6 Å². The average Bonchev–Trinajstić information content (AvgIpc) is 2.88. The first kappa shape index (κ1) is 21.3. The maximum atomic E-state index is 12.0. The van der Waals surface area contributed by atoms with Gasteiger partial charge in [-0.15, -0.1) is 24.0 Å². The molecule has 0 radical (unpaired) electrons. The molecule has 2 aliphatic rings. The van der Waals surface area contributed by atoms with Crippen molar-refractivity contribution in [1.82, 2.24) is 14.7 Å². The lowest BCUT2D eigenvalue weighted by Crippen LogP contribution is -2.53. The van der Waals surface area contributed by atoms with Crippen LogP contribution in [0.3, 0.4) is 0 Å². The maximum Gasteiger partial charge on any atom is 0.410 e. The largest absolute Gasteiger partial charge is 0.444 e. The van der Waals surface area contributed by atoms with Gasteiger partial charge in [0.2, 0.25) is 0 Å². The topological polar surface area (TPSA) is 74.4 Å². The molecular formula is C16H32IN5O2. The highest BCUT2D eigenvalue weighted by Crippen LogP contribution is 2.15. The second-order valence-electron chi connectivity index (χ2n) is 7.43. The molecule has 8 heteroatoms. The zero-order chi connectivity index (χ0) is 17.0. The Hall–Kier alpha value is -0.770. The number of piperazine rings is 1. The molecule has 1 amide bonds. The Balaban J connectivity index is 0.00000288. The van der Waals surface area contributed by atoms with Gasteiger partial charge in [-0.2, -0.15) is 0 Å². The van der Waals surface area contributed by atoms with Crippen LogP contribution in [0.5, 0.6) is 0 Å². The molecule has 24 heavy (non-hydrogen) atoms. The lowest BCUT2D eigenvalue weighted by molar-refractivity contribution is 0.0186. The fourth-order valence-electron chi connectivity index (χ4n) is 2.95. The number of ether oxygens (including phenoxy) is 1. The van der Waals surface area contributed by atoms with Gasteiger partial charge >= 0.3 is 6.09 Å². The Labute approximate surface area is 162 Å². The van der Waals surface area contributed by atoms with Crippen LogP contribution in [0.25, 0.3) is 0 Å². The molecule has 2 fully saturated rings. The molecule has 1 unspecified atom stereocenters. The van der Waals surface area contributed by atoms with E-state index in [4.69, 9.17) is 10.5 Å². The predicted molar refractivity (Wildman–Crippen MR) is 107 cm³/mol. The molecule has 140 valence electrons. The third kappa shape index (κ3) is 6.27. The van der Waals surface area contributed by atoms with E-state index in [0.717, 1.165) is 13.1 Å². The Morgan fingerprint density at radius 2 is 1.75 bits per heavy atom. The third-order valence-electron chi connectivity index (χ3n) is 4.39. The SMILES string of the molecule is CN1CCCC1CN=C(N)N1CCN(C(=O)OC(C)(C)C)CC1.I. The van der Waals surface area contributed by atoms with Gasteiger partial charge in [0.05, 0.1) is 6.54 Å². The summed E-state index contributed by atoms with van der Waals surface area (Å²) in [5.74, 6) is 0.592. The Morgan fingerprint density at radius 3 is 2.25 bits per heavy atom. The van der Waals surface area contributed by atoms with Gasteiger partial charge in [-0.1, -0.05) is 0 Å². The van der Waals surface area contributed by atoms with Crippen LogP contribution in [0, 0.1) is 0 Å². The quantitative estimate of drug-likeness (QED) is 0.391. The van der Waals surface area contributed by atoms with Crippen molar-refractivity contribution in [3.05, 3.63) is 0 Å². The highest BCUT2D eigenvalue weighted by molar-refractivity contribution is 14.0. The first-order valence-electron chi connectivity index (χ1n) is 8.49. The first-order valence-corrected chi connectivity index (χ1v) is 8.49. The summed E-state index contributed by atoms with van der Waals surface area (Å²) in [7, 11) is 2.14. The van der Waals surface area contributed by atoms with E-state index >= 15 is 0 Å². The molecule has 2 saturated heterocycles. The van der Waals surface area contributed by atoms with Crippen molar-refractivity contribution in [2.45, 2.75) is 45.3 Å². The molecule has 0 aromatic rings. The number of nitrogens with two attached hydrogens (primary N) is 1. The van der Waals surface area contributed by atoms with Gasteiger partial charge in [0.25, 0.3) is 0 Å². The molecular weight excluding hydrogens is 421 g/mol. The van der Waals surface area contributed by atoms with Crippen molar-refractivity contribution in [2.75, 3.05) is 46.3 Å². The number of hydrogen-bond donors (Lipinski definition) is 1. The number of likely N-dealkylation sites (N-methyl/N-ethyl adjacent to an activating group) is 1. The van der Waals surface area contributed by atoms with E-state index in [0.29, 0.717) is 38.2 Å². The summed E-state index contributed by atoms with van der Waals surface area (Å²) in [6, 6.07) is 0.511. The zero-order valence-electron chi connectivity index (χ0n) is 15.3. The van der Waals surface area contributed by atoms with E-state index in [1.165, 1.54) is 12.8 Å². The van der Waals surface area contributed by atoms with E-state index in [1.807, 2.05) is 20.8 Å². The Kier molecular flexibility index (Phi) is 8.04. The number of aliphatic imine (C=N–C) groups is 1. The predicted octanol–water partition coefficient (Wildman–Crippen LogP) is 1.57. The van der Waals surface area contributed by atoms with E-state index in [1.54, 1.807) is 4.90 Å². The molecule has 0 saturated carbocycles. The summed E-state index contributed by atoms with van der Waals surface area (Å²) >= 11 is 0. The number of carbonyl (C=O) groups excluding carboxylic acids is 1. The third-order valence-corrected chi connectivity index (χ3v) is 4.39. The van der Waals surface area contributed by atoms with E-state index < -0.39 is 5.60 Å². The van der Waals surface area contributed by atoms with Crippen LogP contribution in [-0.4, -0.2) is 84.7 Å². The van der Waals surface area contributed by atoms with Crippen LogP contribution >= 0.6 is 24.0 Å². The molecule has 0 aliphatic carbocycles. The second kappa shape index (κ2) is 9.07. The van der Waals surface area contributed by atoms with Crippen LogP contribution in [0.4, 0.5) is 4.79 Å². The number of carbonyl (C=O) groups is 1. The van der Waals surface area contributed by atoms with Gasteiger partial charge in [0.1, 0.15) is 5.60 Å². The minimum Gasteiger partial charge on any atom is -0.444 e. The van der Waals surface area contributed by atoms with Crippen LogP contribution in [0.15, 0.2) is 4.99 Å². The van der Waals surface area contributed by atoms with Crippen molar-refractivity contribution in [2.24, 2.45) is 10.7 Å². The number of nitrogens with zero attached hydrogens (tertiary/aromatic N) is 4.